The van der Waals surface area contributed by atoms with Crippen molar-refractivity contribution in [1.82, 2.24) is 24.6 Å². The van der Waals surface area contributed by atoms with Gasteiger partial charge < -0.3 is 20.4 Å². The molecule has 1 saturated heterocycles. The molecule has 0 aromatic carbocycles. The molecule has 0 amide bonds. The Bertz CT molecular complexity index is 681. The molecule has 132 valence electrons. The Morgan fingerprint density at radius 2 is 2.29 bits per heavy atom. The molecule has 0 radical (unpaired) electrons. The molecule has 3 atom stereocenters. The summed E-state index contributed by atoms with van der Waals surface area (Å²) in [6.45, 7) is 1.06. The molecule has 2 aromatic rings. The Morgan fingerprint density at radius 1 is 1.46 bits per heavy atom. The number of nitrogens with two attached hydrogens (primary N) is 2. The SMILES string of the molecule is CN(CCON)OC[C@H]1O[C@@H](n2cnc3c(N)ncnc32)C[C@@H]1O. The van der Waals surface area contributed by atoms with Gasteiger partial charge in [0.15, 0.2) is 11.5 Å². The number of nitrogens with zero attached hydrogens (tertiary/aromatic N) is 5. The fourth-order valence-corrected chi connectivity index (χ4v) is 2.56. The number of anilines is 1. The summed E-state index contributed by atoms with van der Waals surface area (Å²) in [5.41, 5.74) is 6.86. The van der Waals surface area contributed by atoms with Crippen molar-refractivity contribution < 1.29 is 19.5 Å². The van der Waals surface area contributed by atoms with E-state index in [2.05, 4.69) is 19.8 Å². The summed E-state index contributed by atoms with van der Waals surface area (Å²) in [6.07, 6.45) is 1.83. The maximum atomic E-state index is 10.2. The van der Waals surface area contributed by atoms with Gasteiger partial charge in [-0.3, -0.25) is 9.40 Å². The zero-order chi connectivity index (χ0) is 17.1. The summed E-state index contributed by atoms with van der Waals surface area (Å²) in [7, 11) is 1.75. The fraction of sp³-hybridized carbons (Fsp3) is 0.615. The van der Waals surface area contributed by atoms with Crippen molar-refractivity contribution in [3.63, 3.8) is 0 Å². The molecule has 1 fully saturated rings. The van der Waals surface area contributed by atoms with Crippen LogP contribution in [-0.2, 0) is 14.4 Å². The van der Waals surface area contributed by atoms with E-state index in [9.17, 15) is 5.11 Å². The van der Waals surface area contributed by atoms with E-state index in [-0.39, 0.29) is 6.61 Å². The normalized spacial score (nSPS) is 24.2. The first-order valence-electron chi connectivity index (χ1n) is 7.52. The molecule has 0 saturated carbocycles. The minimum Gasteiger partial charge on any atom is -0.390 e. The van der Waals surface area contributed by atoms with E-state index in [4.69, 9.17) is 21.2 Å². The van der Waals surface area contributed by atoms with Crippen LogP contribution in [0, 0.1) is 0 Å². The average Bonchev–Trinajstić information content (AvgIpc) is 3.15. The highest BCUT2D eigenvalue weighted by atomic mass is 16.7. The Hall–Kier alpha value is -1.89. The van der Waals surface area contributed by atoms with E-state index < -0.39 is 18.4 Å². The number of fused-ring (bicyclic) bond motifs is 1. The van der Waals surface area contributed by atoms with Crippen molar-refractivity contribution in [2.24, 2.45) is 5.90 Å². The Labute approximate surface area is 138 Å². The lowest BCUT2D eigenvalue weighted by Gasteiger charge is -2.20. The summed E-state index contributed by atoms with van der Waals surface area (Å²) in [6, 6.07) is 0. The van der Waals surface area contributed by atoms with Gasteiger partial charge in [0.05, 0.1) is 25.6 Å². The van der Waals surface area contributed by atoms with Crippen LogP contribution < -0.4 is 11.6 Å². The molecule has 24 heavy (non-hydrogen) atoms. The van der Waals surface area contributed by atoms with Gasteiger partial charge in [0.2, 0.25) is 0 Å². The zero-order valence-corrected chi connectivity index (χ0v) is 13.3. The van der Waals surface area contributed by atoms with Crippen molar-refractivity contribution in [2.75, 3.05) is 32.5 Å². The highest BCUT2D eigenvalue weighted by molar-refractivity contribution is 5.81. The molecule has 0 bridgehead atoms. The number of ether oxygens (including phenoxy) is 1. The second kappa shape index (κ2) is 7.34. The molecular formula is C13H21N7O4. The molecular weight excluding hydrogens is 318 g/mol. The third-order valence-electron chi connectivity index (χ3n) is 3.88. The van der Waals surface area contributed by atoms with E-state index in [0.717, 1.165) is 0 Å². The quantitative estimate of drug-likeness (QED) is 0.526. The largest absolute Gasteiger partial charge is 0.390 e. The van der Waals surface area contributed by atoms with E-state index in [0.29, 0.717) is 36.6 Å². The minimum atomic E-state index is -0.661. The first-order chi connectivity index (χ1) is 11.6. The van der Waals surface area contributed by atoms with Gasteiger partial charge in [0.25, 0.3) is 0 Å². The summed E-state index contributed by atoms with van der Waals surface area (Å²) in [4.78, 5) is 22.3. The fourth-order valence-electron chi connectivity index (χ4n) is 2.56. The van der Waals surface area contributed by atoms with Crippen LogP contribution in [-0.4, -0.2) is 68.7 Å². The minimum absolute atomic E-state index is 0.211. The number of aliphatic hydroxyl groups is 1. The number of aromatic nitrogens is 4. The highest BCUT2D eigenvalue weighted by Gasteiger charge is 2.36. The van der Waals surface area contributed by atoms with Crippen LogP contribution in [0.15, 0.2) is 12.7 Å². The van der Waals surface area contributed by atoms with Crippen LogP contribution in [0.1, 0.15) is 12.6 Å². The molecule has 11 nitrogen and oxygen atoms in total. The van der Waals surface area contributed by atoms with Gasteiger partial charge in [-0.25, -0.2) is 20.8 Å². The van der Waals surface area contributed by atoms with Gasteiger partial charge in [-0.15, -0.1) is 0 Å². The molecule has 5 N–H and O–H groups in total. The first kappa shape index (κ1) is 17.0. The molecule has 1 aliphatic rings. The predicted octanol–water partition coefficient (Wildman–Crippen LogP) is -1.19. The van der Waals surface area contributed by atoms with Crippen LogP contribution in [0.4, 0.5) is 5.82 Å². The lowest BCUT2D eigenvalue weighted by molar-refractivity contribution is -0.184. The smallest absolute Gasteiger partial charge is 0.167 e. The Morgan fingerprint density at radius 3 is 3.08 bits per heavy atom. The third kappa shape index (κ3) is 3.45. The maximum absolute atomic E-state index is 10.2. The maximum Gasteiger partial charge on any atom is 0.167 e. The van der Waals surface area contributed by atoms with Crippen LogP contribution in [0.2, 0.25) is 0 Å². The van der Waals surface area contributed by atoms with Crippen LogP contribution in [0.3, 0.4) is 0 Å². The number of hydrogen-bond donors (Lipinski definition) is 3. The summed E-state index contributed by atoms with van der Waals surface area (Å²) < 4.78 is 7.62. The van der Waals surface area contributed by atoms with Crippen LogP contribution >= 0.6 is 0 Å². The number of imidazole rings is 1. The zero-order valence-electron chi connectivity index (χ0n) is 13.3. The monoisotopic (exact) mass is 339 g/mol. The van der Waals surface area contributed by atoms with Gasteiger partial charge in [0.1, 0.15) is 24.2 Å². The van der Waals surface area contributed by atoms with E-state index in [1.54, 1.807) is 23.0 Å². The molecule has 3 rings (SSSR count). The lowest BCUT2D eigenvalue weighted by Crippen LogP contribution is -2.32. The van der Waals surface area contributed by atoms with Crippen molar-refractivity contribution in [1.29, 1.82) is 0 Å². The standard InChI is InChI=1S/C13H21N7O4/c1-19(2-3-22-15)23-5-9-8(21)4-10(24-9)20-7-18-11-12(14)16-6-17-13(11)20/h6-10,21H,2-5,15H2,1H3,(H2,14,16,17)/t8-,9+,10+/m0/s1. The van der Waals surface area contributed by atoms with Gasteiger partial charge >= 0.3 is 0 Å². The van der Waals surface area contributed by atoms with Crippen LogP contribution in [0.25, 0.3) is 11.2 Å². The topological polar surface area (TPSA) is 147 Å². The number of hydroxylamine groups is 2. The average molecular weight is 339 g/mol. The number of rotatable bonds is 7. The van der Waals surface area contributed by atoms with Gasteiger partial charge in [-0.2, -0.15) is 5.06 Å². The molecule has 2 aromatic heterocycles. The number of aliphatic hydroxyl groups excluding tert-OH is 1. The first-order valence-corrected chi connectivity index (χ1v) is 7.52. The molecule has 0 spiro atoms. The summed E-state index contributed by atoms with van der Waals surface area (Å²) >= 11 is 0. The van der Waals surface area contributed by atoms with E-state index >= 15 is 0 Å². The Balaban J connectivity index is 1.63. The highest BCUT2D eigenvalue weighted by Crippen LogP contribution is 2.31. The second-order valence-corrected chi connectivity index (χ2v) is 5.53. The van der Waals surface area contributed by atoms with E-state index in [1.807, 2.05) is 0 Å². The second-order valence-electron chi connectivity index (χ2n) is 5.53. The molecule has 0 aliphatic carbocycles. The van der Waals surface area contributed by atoms with Crippen molar-refractivity contribution in [2.45, 2.75) is 24.9 Å². The Kier molecular flexibility index (Phi) is 5.18. The van der Waals surface area contributed by atoms with Crippen LogP contribution in [0.5, 0.6) is 0 Å². The molecule has 1 aliphatic heterocycles. The molecule has 11 heteroatoms. The van der Waals surface area contributed by atoms with E-state index in [1.165, 1.54) is 6.33 Å². The van der Waals surface area contributed by atoms with Gasteiger partial charge in [0, 0.05) is 20.0 Å². The predicted molar refractivity (Wildman–Crippen MR) is 83.0 cm³/mol. The third-order valence-corrected chi connectivity index (χ3v) is 3.88. The number of hydrogen-bond acceptors (Lipinski definition) is 10. The molecule has 3 heterocycles. The van der Waals surface area contributed by atoms with Gasteiger partial charge in [-0.05, 0) is 0 Å². The molecule has 0 unspecified atom stereocenters. The van der Waals surface area contributed by atoms with Crippen molar-refractivity contribution in [3.8, 4) is 0 Å². The summed E-state index contributed by atoms with van der Waals surface area (Å²) in [5.74, 6) is 5.28. The number of likely N-dealkylation sites (N-methyl/N-ethyl adjacent to an activating group) is 1. The van der Waals surface area contributed by atoms with Crippen molar-refractivity contribution >= 4 is 17.0 Å². The van der Waals surface area contributed by atoms with Crippen molar-refractivity contribution in [3.05, 3.63) is 12.7 Å². The number of nitrogen functional groups attached to an aromatic ring is 1. The van der Waals surface area contributed by atoms with Gasteiger partial charge in [-0.1, -0.05) is 0 Å². The summed E-state index contributed by atoms with van der Waals surface area (Å²) in [5, 5.41) is 11.8. The lowest BCUT2D eigenvalue weighted by atomic mass is 10.2.